The summed E-state index contributed by atoms with van der Waals surface area (Å²) < 4.78 is 0. The molecule has 46 valence electrons. The molecule has 0 bridgehead atoms. The van der Waals surface area contributed by atoms with E-state index in [-0.39, 0.29) is 11.0 Å². The Hall–Kier alpha value is -1.03. The zero-order valence-corrected chi connectivity index (χ0v) is 5.04. The zero-order chi connectivity index (χ0) is 6.69. The molecule has 4 nitrogen and oxygen atoms in total. The molecule has 0 atom stereocenters. The molecular weight excluding hydrogens is 142 g/mol. The molecule has 0 saturated heterocycles. The predicted molar refractivity (Wildman–Crippen MR) is 32.5 cm³/mol. The summed E-state index contributed by atoms with van der Waals surface area (Å²) >= 11 is 5.30. The Kier molecular flexibility index (Phi) is 1.69. The molecule has 0 aliphatic carbocycles. The third-order valence-corrected chi connectivity index (χ3v) is 0.907. The van der Waals surface area contributed by atoms with E-state index in [9.17, 15) is 4.91 Å². The lowest BCUT2D eigenvalue weighted by Crippen LogP contribution is -1.76. The van der Waals surface area contributed by atoms with Crippen LogP contribution in [0, 0.1) is 4.91 Å². The summed E-state index contributed by atoms with van der Waals surface area (Å²) in [5.41, 5.74) is 0.180. The molecule has 5 heteroatoms. The monoisotopic (exact) mass is 143 g/mol. The van der Waals surface area contributed by atoms with Crippen molar-refractivity contribution in [2.24, 2.45) is 5.18 Å². The van der Waals surface area contributed by atoms with E-state index in [4.69, 9.17) is 11.6 Å². The summed E-state index contributed by atoms with van der Waals surface area (Å²) in [6, 6.07) is 0. The van der Waals surface area contributed by atoms with Crippen LogP contribution in [0.5, 0.6) is 0 Å². The molecule has 1 heterocycles. The molecule has 0 aromatic carbocycles. The van der Waals surface area contributed by atoms with Crippen LogP contribution in [0.25, 0.3) is 0 Å². The van der Waals surface area contributed by atoms with Gasteiger partial charge in [0, 0.05) is 0 Å². The number of rotatable bonds is 1. The lowest BCUT2D eigenvalue weighted by Gasteiger charge is -1.84. The molecule has 0 radical (unpaired) electrons. The van der Waals surface area contributed by atoms with E-state index >= 15 is 0 Å². The van der Waals surface area contributed by atoms with Gasteiger partial charge in [-0.15, -0.1) is 4.91 Å². The average molecular weight is 144 g/mol. The van der Waals surface area contributed by atoms with Crippen LogP contribution in [0.3, 0.4) is 0 Å². The second-order valence-corrected chi connectivity index (χ2v) is 1.64. The molecule has 0 aliphatic rings. The predicted octanol–water partition coefficient (Wildman–Crippen LogP) is 1.53. The number of nitrogens with zero attached hydrogens (tertiary/aromatic N) is 3. The smallest absolute Gasteiger partial charge is 0.222 e. The van der Waals surface area contributed by atoms with Gasteiger partial charge in [-0.3, -0.25) is 0 Å². The molecule has 0 fully saturated rings. The van der Waals surface area contributed by atoms with E-state index < -0.39 is 0 Å². The van der Waals surface area contributed by atoms with Crippen molar-refractivity contribution in [3.8, 4) is 0 Å². The van der Waals surface area contributed by atoms with Gasteiger partial charge in [-0.05, 0) is 16.8 Å². The number of hydrogen-bond donors (Lipinski definition) is 0. The quantitative estimate of drug-likeness (QED) is 0.443. The molecule has 0 aliphatic heterocycles. The minimum absolute atomic E-state index is 0.113. The number of aromatic nitrogens is 2. The fraction of sp³-hybridized carbons (Fsp3) is 0. The van der Waals surface area contributed by atoms with Gasteiger partial charge in [-0.25, -0.2) is 9.97 Å². The maximum Gasteiger partial charge on any atom is 0.222 e. The number of halogens is 1. The second-order valence-electron chi connectivity index (χ2n) is 1.30. The summed E-state index contributed by atoms with van der Waals surface area (Å²) in [5.74, 6) is 0. The summed E-state index contributed by atoms with van der Waals surface area (Å²) in [5, 5.41) is 2.69. The Bertz CT molecular complexity index is 210. The first-order valence-corrected chi connectivity index (χ1v) is 2.51. The van der Waals surface area contributed by atoms with E-state index in [1.807, 2.05) is 0 Å². The molecule has 0 unspecified atom stereocenters. The highest BCUT2D eigenvalue weighted by Gasteiger charge is 1.90. The fourth-order valence-corrected chi connectivity index (χ4v) is 0.450. The summed E-state index contributed by atoms with van der Waals surface area (Å²) in [6.07, 6.45) is 2.50. The minimum Gasteiger partial charge on any atom is -0.224 e. The summed E-state index contributed by atoms with van der Waals surface area (Å²) in [6.45, 7) is 0. The second kappa shape index (κ2) is 2.50. The van der Waals surface area contributed by atoms with E-state index in [1.54, 1.807) is 0 Å². The Morgan fingerprint density at radius 1 is 1.44 bits per heavy atom. The SMILES string of the molecule is O=Nc1cnc(Cl)nc1. The molecule has 0 amide bonds. The normalized spacial score (nSPS) is 9.00. The molecule has 0 N–H and O–H groups in total. The van der Waals surface area contributed by atoms with Crippen LogP contribution in [0.2, 0.25) is 5.28 Å². The van der Waals surface area contributed by atoms with Crippen molar-refractivity contribution in [3.05, 3.63) is 22.6 Å². The third-order valence-electron chi connectivity index (χ3n) is 0.712. The van der Waals surface area contributed by atoms with Crippen molar-refractivity contribution in [3.63, 3.8) is 0 Å². The van der Waals surface area contributed by atoms with Crippen molar-refractivity contribution >= 4 is 17.3 Å². The van der Waals surface area contributed by atoms with Gasteiger partial charge in [0.2, 0.25) is 5.28 Å². The standard InChI is InChI=1S/C4H2ClN3O/c5-4-6-1-3(8-9)2-7-4/h1-2H. The highest BCUT2D eigenvalue weighted by Crippen LogP contribution is 2.07. The molecule has 1 aromatic heterocycles. The lowest BCUT2D eigenvalue weighted by molar-refractivity contribution is 1.16. The van der Waals surface area contributed by atoms with Crippen molar-refractivity contribution in [2.45, 2.75) is 0 Å². The van der Waals surface area contributed by atoms with Crippen LogP contribution in [0.4, 0.5) is 5.69 Å². The van der Waals surface area contributed by atoms with Gasteiger partial charge < -0.3 is 0 Å². The van der Waals surface area contributed by atoms with Gasteiger partial charge in [-0.1, -0.05) is 0 Å². The Balaban J connectivity index is 3.01. The van der Waals surface area contributed by atoms with Gasteiger partial charge in [-0.2, -0.15) is 0 Å². The van der Waals surface area contributed by atoms with Crippen molar-refractivity contribution in [2.75, 3.05) is 0 Å². The van der Waals surface area contributed by atoms with E-state index in [2.05, 4.69) is 15.1 Å². The van der Waals surface area contributed by atoms with Crippen LogP contribution in [-0.4, -0.2) is 9.97 Å². The largest absolute Gasteiger partial charge is 0.224 e. The first kappa shape index (κ1) is 6.10. The van der Waals surface area contributed by atoms with Gasteiger partial charge >= 0.3 is 0 Å². The third kappa shape index (κ3) is 1.43. The summed E-state index contributed by atoms with van der Waals surface area (Å²) in [4.78, 5) is 16.8. The van der Waals surface area contributed by atoms with Crippen LogP contribution >= 0.6 is 11.6 Å². The summed E-state index contributed by atoms with van der Waals surface area (Å²) in [7, 11) is 0. The van der Waals surface area contributed by atoms with E-state index in [0.717, 1.165) is 0 Å². The van der Waals surface area contributed by atoms with Crippen LogP contribution in [0.15, 0.2) is 17.6 Å². The Morgan fingerprint density at radius 2 is 2.00 bits per heavy atom. The van der Waals surface area contributed by atoms with Crippen LogP contribution < -0.4 is 0 Å². The van der Waals surface area contributed by atoms with Crippen LogP contribution in [0.1, 0.15) is 0 Å². The molecule has 0 saturated carbocycles. The topological polar surface area (TPSA) is 55.2 Å². The highest BCUT2D eigenvalue weighted by molar-refractivity contribution is 6.28. The van der Waals surface area contributed by atoms with Gasteiger partial charge in [0.25, 0.3) is 0 Å². The fourth-order valence-electron chi connectivity index (χ4n) is 0.353. The van der Waals surface area contributed by atoms with Crippen molar-refractivity contribution in [1.82, 2.24) is 9.97 Å². The number of hydrogen-bond acceptors (Lipinski definition) is 4. The zero-order valence-electron chi connectivity index (χ0n) is 4.28. The van der Waals surface area contributed by atoms with E-state index in [1.165, 1.54) is 12.4 Å². The molecular formula is C4H2ClN3O. The first-order chi connectivity index (χ1) is 4.33. The minimum atomic E-state index is 0.113. The van der Waals surface area contributed by atoms with E-state index in [0.29, 0.717) is 0 Å². The van der Waals surface area contributed by atoms with Crippen LogP contribution in [-0.2, 0) is 0 Å². The highest BCUT2D eigenvalue weighted by atomic mass is 35.5. The molecule has 1 rings (SSSR count). The Labute approximate surface area is 55.9 Å². The van der Waals surface area contributed by atoms with Crippen molar-refractivity contribution < 1.29 is 0 Å². The Morgan fingerprint density at radius 3 is 2.44 bits per heavy atom. The maximum absolute atomic E-state index is 9.74. The maximum atomic E-state index is 9.74. The molecule has 0 spiro atoms. The number of nitroso groups, excluding NO2 is 1. The first-order valence-electron chi connectivity index (χ1n) is 2.14. The lowest BCUT2D eigenvalue weighted by atomic mass is 10.6. The average Bonchev–Trinajstić information content (AvgIpc) is 1.90. The van der Waals surface area contributed by atoms with Gasteiger partial charge in [0.15, 0.2) is 0 Å². The molecule has 1 aromatic rings. The van der Waals surface area contributed by atoms with Gasteiger partial charge in [0.05, 0.1) is 12.4 Å². The van der Waals surface area contributed by atoms with Gasteiger partial charge in [0.1, 0.15) is 5.69 Å². The van der Waals surface area contributed by atoms with Crippen molar-refractivity contribution in [1.29, 1.82) is 0 Å². The molecule has 9 heavy (non-hydrogen) atoms.